The predicted molar refractivity (Wildman–Crippen MR) is 72.5 cm³/mol. The zero-order valence-electron chi connectivity index (χ0n) is 10.1. The number of hydrogen-bond donors (Lipinski definition) is 1. The molecule has 2 atom stereocenters. The lowest BCUT2D eigenvalue weighted by molar-refractivity contribution is 0.250. The number of hydrogen-bond acceptors (Lipinski definition) is 4. The molecular weight excluding hydrogens is 318 g/mol. The second-order valence-electron chi connectivity index (χ2n) is 4.63. The Bertz CT molecular complexity index is 535. The Balaban J connectivity index is 2.27. The third kappa shape index (κ3) is 2.74. The lowest BCUT2D eigenvalue weighted by atomic mass is 9.96. The number of aromatic nitrogens is 1. The van der Waals surface area contributed by atoms with Gasteiger partial charge >= 0.3 is 0 Å². The van der Waals surface area contributed by atoms with E-state index in [1.54, 1.807) is 12.3 Å². The molecule has 2 rings (SSSR count). The molecule has 0 amide bonds. The first kappa shape index (κ1) is 13.9. The van der Waals surface area contributed by atoms with E-state index in [9.17, 15) is 8.42 Å². The van der Waals surface area contributed by atoms with Crippen LogP contribution >= 0.6 is 15.9 Å². The molecule has 1 aromatic heterocycles. The van der Waals surface area contributed by atoms with E-state index in [1.165, 1.54) is 10.5 Å². The fourth-order valence-electron chi connectivity index (χ4n) is 2.03. The van der Waals surface area contributed by atoms with Gasteiger partial charge in [-0.2, -0.15) is 4.31 Å². The summed E-state index contributed by atoms with van der Waals surface area (Å²) >= 11 is 3.23. The molecule has 0 aromatic carbocycles. The molecule has 1 aromatic rings. The van der Waals surface area contributed by atoms with Crippen LogP contribution in [0, 0.1) is 5.92 Å². The zero-order valence-corrected chi connectivity index (χ0v) is 12.5. The molecule has 2 unspecified atom stereocenters. The van der Waals surface area contributed by atoms with Crippen molar-refractivity contribution in [2.75, 3.05) is 13.1 Å². The van der Waals surface area contributed by atoms with Crippen LogP contribution in [0.2, 0.25) is 0 Å². The first-order chi connectivity index (χ1) is 8.41. The SMILES string of the molecule is CC1CN(S(=O)(=O)c2cncc(Br)c2)CCC1N. The summed E-state index contributed by atoms with van der Waals surface area (Å²) in [7, 11) is -3.46. The van der Waals surface area contributed by atoms with Crippen molar-refractivity contribution < 1.29 is 8.42 Å². The molecular formula is C11H16BrN3O2S. The van der Waals surface area contributed by atoms with Crippen molar-refractivity contribution in [1.29, 1.82) is 0 Å². The summed E-state index contributed by atoms with van der Waals surface area (Å²) in [6.45, 7) is 2.92. The van der Waals surface area contributed by atoms with E-state index in [-0.39, 0.29) is 16.9 Å². The van der Waals surface area contributed by atoms with Gasteiger partial charge in [0.25, 0.3) is 0 Å². The summed E-state index contributed by atoms with van der Waals surface area (Å²) in [5.74, 6) is 0.175. The lowest BCUT2D eigenvalue weighted by Gasteiger charge is -2.34. The van der Waals surface area contributed by atoms with Gasteiger partial charge in [0.1, 0.15) is 4.90 Å². The summed E-state index contributed by atoms with van der Waals surface area (Å²) in [5, 5.41) is 0. The average Bonchev–Trinajstić information content (AvgIpc) is 2.32. The van der Waals surface area contributed by atoms with Crippen molar-refractivity contribution in [3.05, 3.63) is 22.9 Å². The molecule has 1 aliphatic rings. The van der Waals surface area contributed by atoms with Gasteiger partial charge in [0.15, 0.2) is 0 Å². The third-order valence-electron chi connectivity index (χ3n) is 3.25. The van der Waals surface area contributed by atoms with E-state index >= 15 is 0 Å². The number of halogens is 1. The Kier molecular flexibility index (Phi) is 4.05. The minimum absolute atomic E-state index is 0.0806. The number of piperidine rings is 1. The van der Waals surface area contributed by atoms with E-state index in [1.807, 2.05) is 6.92 Å². The molecule has 2 heterocycles. The molecule has 1 aliphatic heterocycles. The summed E-state index contributed by atoms with van der Waals surface area (Å²) in [4.78, 5) is 4.12. The van der Waals surface area contributed by atoms with Gasteiger partial charge in [0.05, 0.1) is 0 Å². The van der Waals surface area contributed by atoms with Gasteiger partial charge in [-0.25, -0.2) is 8.42 Å². The predicted octanol–water partition coefficient (Wildman–Crippen LogP) is 1.20. The zero-order chi connectivity index (χ0) is 13.3. The Hall–Kier alpha value is -0.500. The Labute approximate surface area is 116 Å². The van der Waals surface area contributed by atoms with Gasteiger partial charge < -0.3 is 5.73 Å². The van der Waals surface area contributed by atoms with Crippen LogP contribution in [0.3, 0.4) is 0 Å². The van der Waals surface area contributed by atoms with Crippen LogP contribution in [0.25, 0.3) is 0 Å². The highest BCUT2D eigenvalue weighted by Crippen LogP contribution is 2.24. The van der Waals surface area contributed by atoms with Crippen molar-refractivity contribution in [3.63, 3.8) is 0 Å². The highest BCUT2D eigenvalue weighted by atomic mass is 79.9. The van der Waals surface area contributed by atoms with Gasteiger partial charge in [-0.3, -0.25) is 4.98 Å². The first-order valence-corrected chi connectivity index (χ1v) is 8.01. The average molecular weight is 334 g/mol. The molecule has 5 nitrogen and oxygen atoms in total. The molecule has 2 N–H and O–H groups in total. The third-order valence-corrected chi connectivity index (χ3v) is 5.52. The summed E-state index contributed by atoms with van der Waals surface area (Å²) < 4.78 is 27.0. The van der Waals surface area contributed by atoms with Crippen molar-refractivity contribution in [2.24, 2.45) is 11.7 Å². The minimum Gasteiger partial charge on any atom is -0.327 e. The number of sulfonamides is 1. The smallest absolute Gasteiger partial charge is 0.244 e. The van der Waals surface area contributed by atoms with Crippen LogP contribution in [0.1, 0.15) is 13.3 Å². The van der Waals surface area contributed by atoms with Crippen LogP contribution < -0.4 is 5.73 Å². The molecule has 0 aliphatic carbocycles. The van der Waals surface area contributed by atoms with Gasteiger partial charge in [0.2, 0.25) is 10.0 Å². The standard InChI is InChI=1S/C11H16BrN3O2S/c1-8-7-15(3-2-11(8)13)18(16,17)10-4-9(12)5-14-6-10/h4-6,8,11H,2-3,7,13H2,1H3. The molecule has 0 bridgehead atoms. The van der Waals surface area contributed by atoms with Crippen LogP contribution in [-0.2, 0) is 10.0 Å². The van der Waals surface area contributed by atoms with Crippen molar-refractivity contribution in [2.45, 2.75) is 24.3 Å². The van der Waals surface area contributed by atoms with Crippen molar-refractivity contribution >= 4 is 26.0 Å². The summed E-state index contributed by atoms with van der Waals surface area (Å²) in [5.41, 5.74) is 5.91. The fraction of sp³-hybridized carbons (Fsp3) is 0.545. The van der Waals surface area contributed by atoms with Crippen LogP contribution in [0.5, 0.6) is 0 Å². The van der Waals surface area contributed by atoms with Crippen molar-refractivity contribution in [3.8, 4) is 0 Å². The monoisotopic (exact) mass is 333 g/mol. The minimum atomic E-state index is -3.46. The van der Waals surface area contributed by atoms with Crippen LogP contribution in [0.4, 0.5) is 0 Å². The Morgan fingerprint density at radius 1 is 1.50 bits per heavy atom. The maximum absolute atomic E-state index is 12.4. The number of nitrogens with two attached hydrogens (primary N) is 1. The molecule has 0 spiro atoms. The number of rotatable bonds is 2. The maximum atomic E-state index is 12.4. The van der Waals surface area contributed by atoms with Crippen LogP contribution in [0.15, 0.2) is 27.8 Å². The Morgan fingerprint density at radius 3 is 2.83 bits per heavy atom. The summed E-state index contributed by atoms with van der Waals surface area (Å²) in [6.07, 6.45) is 3.63. The molecule has 1 fully saturated rings. The molecule has 18 heavy (non-hydrogen) atoms. The van der Waals surface area contributed by atoms with Gasteiger partial charge in [-0.15, -0.1) is 0 Å². The number of pyridine rings is 1. The van der Waals surface area contributed by atoms with Crippen molar-refractivity contribution in [1.82, 2.24) is 9.29 Å². The van der Waals surface area contributed by atoms with E-state index in [2.05, 4.69) is 20.9 Å². The van der Waals surface area contributed by atoms with Gasteiger partial charge in [-0.1, -0.05) is 6.92 Å². The quantitative estimate of drug-likeness (QED) is 0.882. The molecule has 0 saturated carbocycles. The molecule has 0 radical (unpaired) electrons. The second kappa shape index (κ2) is 5.24. The topological polar surface area (TPSA) is 76.3 Å². The van der Waals surface area contributed by atoms with E-state index < -0.39 is 10.0 Å². The van der Waals surface area contributed by atoms with E-state index in [4.69, 9.17) is 5.73 Å². The molecule has 7 heteroatoms. The van der Waals surface area contributed by atoms with Gasteiger partial charge in [-0.05, 0) is 34.3 Å². The molecule has 100 valence electrons. The number of nitrogens with zero attached hydrogens (tertiary/aromatic N) is 2. The highest BCUT2D eigenvalue weighted by Gasteiger charge is 2.32. The Morgan fingerprint density at radius 2 is 2.22 bits per heavy atom. The maximum Gasteiger partial charge on any atom is 0.244 e. The van der Waals surface area contributed by atoms with E-state index in [0.29, 0.717) is 24.0 Å². The lowest BCUT2D eigenvalue weighted by Crippen LogP contribution is -2.48. The van der Waals surface area contributed by atoms with Crippen LogP contribution in [-0.4, -0.2) is 36.8 Å². The summed E-state index contributed by atoms with van der Waals surface area (Å²) in [6, 6.07) is 1.65. The normalized spacial score (nSPS) is 26.2. The van der Waals surface area contributed by atoms with Gasteiger partial charge in [0, 0.05) is 36.0 Å². The second-order valence-corrected chi connectivity index (χ2v) is 7.49. The van der Waals surface area contributed by atoms with E-state index in [0.717, 1.165) is 0 Å². The fourth-order valence-corrected chi connectivity index (χ4v) is 4.09. The largest absolute Gasteiger partial charge is 0.327 e. The highest BCUT2D eigenvalue weighted by molar-refractivity contribution is 9.10. The molecule has 1 saturated heterocycles. The first-order valence-electron chi connectivity index (χ1n) is 5.77.